The van der Waals surface area contributed by atoms with Gasteiger partial charge in [-0.05, 0) is 31.9 Å². The Labute approximate surface area is 160 Å². The van der Waals surface area contributed by atoms with Gasteiger partial charge in [0.25, 0.3) is 5.91 Å². The SMILES string of the molecule is CCC(C(=O)Nc1c(C)cccc1C)[N+]1(CC)CCCC1.[Y]. The van der Waals surface area contributed by atoms with Crippen LogP contribution in [0.15, 0.2) is 18.2 Å². The third-order valence-corrected chi connectivity index (χ3v) is 5.17. The van der Waals surface area contributed by atoms with E-state index >= 15 is 0 Å². The summed E-state index contributed by atoms with van der Waals surface area (Å²) in [5.74, 6) is 0.193. The molecule has 1 heterocycles. The molecule has 4 heteroatoms. The molecule has 3 nitrogen and oxygen atoms in total. The van der Waals surface area contributed by atoms with E-state index in [9.17, 15) is 4.79 Å². The maximum absolute atomic E-state index is 12.9. The molecule has 1 amide bonds. The number of likely N-dealkylation sites (N-methyl/N-ethyl adjacent to an activating group) is 1. The second-order valence-corrected chi connectivity index (χ2v) is 6.37. The molecular weight excluding hydrogens is 349 g/mol. The van der Waals surface area contributed by atoms with Crippen molar-refractivity contribution in [3.05, 3.63) is 29.3 Å². The van der Waals surface area contributed by atoms with E-state index < -0.39 is 0 Å². The number of rotatable bonds is 5. The fourth-order valence-electron chi connectivity index (χ4n) is 3.85. The number of amides is 1. The fourth-order valence-corrected chi connectivity index (χ4v) is 3.85. The maximum Gasteiger partial charge on any atom is 0.282 e. The Balaban J connectivity index is 0.00000242. The molecule has 0 spiro atoms. The van der Waals surface area contributed by atoms with E-state index in [1.165, 1.54) is 12.8 Å². The van der Waals surface area contributed by atoms with Crippen LogP contribution in [0.4, 0.5) is 5.69 Å². The Kier molecular flexibility index (Phi) is 7.71. The molecule has 1 radical (unpaired) electrons. The minimum Gasteiger partial charge on any atom is -0.320 e. The Morgan fingerprint density at radius 3 is 2.18 bits per heavy atom. The molecule has 1 aliphatic heterocycles. The Morgan fingerprint density at radius 2 is 1.73 bits per heavy atom. The first-order chi connectivity index (χ1) is 10.0. The second-order valence-electron chi connectivity index (χ2n) is 6.37. The maximum atomic E-state index is 12.9. The first-order valence-electron chi connectivity index (χ1n) is 8.27. The molecular formula is C18H29N2OY+. The number of aryl methyl sites for hydroxylation is 2. The summed E-state index contributed by atoms with van der Waals surface area (Å²) in [4.78, 5) is 12.9. The quantitative estimate of drug-likeness (QED) is 0.779. The predicted molar refractivity (Wildman–Crippen MR) is 88.4 cm³/mol. The summed E-state index contributed by atoms with van der Waals surface area (Å²) in [6.45, 7) is 11.8. The van der Waals surface area contributed by atoms with E-state index in [1.807, 2.05) is 6.07 Å². The molecule has 1 N–H and O–H groups in total. The van der Waals surface area contributed by atoms with Crippen molar-refractivity contribution in [3.8, 4) is 0 Å². The van der Waals surface area contributed by atoms with Gasteiger partial charge in [0.2, 0.25) is 0 Å². The van der Waals surface area contributed by atoms with Crippen molar-refractivity contribution in [2.75, 3.05) is 25.0 Å². The normalized spacial score (nSPS) is 17.6. The van der Waals surface area contributed by atoms with Gasteiger partial charge in [0.15, 0.2) is 6.04 Å². The number of para-hydroxylation sites is 1. The van der Waals surface area contributed by atoms with Crippen LogP contribution in [-0.4, -0.2) is 36.1 Å². The van der Waals surface area contributed by atoms with Crippen LogP contribution in [0, 0.1) is 13.8 Å². The van der Waals surface area contributed by atoms with Crippen LogP contribution in [0.2, 0.25) is 0 Å². The average molecular weight is 378 g/mol. The van der Waals surface area contributed by atoms with Crippen LogP contribution >= 0.6 is 0 Å². The van der Waals surface area contributed by atoms with Gasteiger partial charge in [-0.25, -0.2) is 0 Å². The van der Waals surface area contributed by atoms with Crippen LogP contribution in [0.1, 0.15) is 44.2 Å². The first-order valence-corrected chi connectivity index (χ1v) is 8.27. The van der Waals surface area contributed by atoms with Crippen molar-refractivity contribution in [1.82, 2.24) is 0 Å². The fraction of sp³-hybridized carbons (Fsp3) is 0.611. The van der Waals surface area contributed by atoms with E-state index in [-0.39, 0.29) is 44.7 Å². The first kappa shape index (κ1) is 19.8. The second kappa shape index (κ2) is 8.56. The van der Waals surface area contributed by atoms with Crippen molar-refractivity contribution in [2.45, 2.75) is 53.0 Å². The number of quaternary nitrogens is 1. The van der Waals surface area contributed by atoms with Crippen molar-refractivity contribution in [1.29, 1.82) is 0 Å². The summed E-state index contributed by atoms with van der Waals surface area (Å²) in [7, 11) is 0. The number of nitrogens with one attached hydrogen (secondary N) is 1. The molecule has 0 bridgehead atoms. The van der Waals surface area contributed by atoms with Gasteiger partial charge in [-0.1, -0.05) is 25.1 Å². The zero-order chi connectivity index (χ0) is 15.5. The molecule has 1 fully saturated rings. The smallest absolute Gasteiger partial charge is 0.282 e. The number of anilines is 1. The van der Waals surface area contributed by atoms with Crippen LogP contribution in [0.25, 0.3) is 0 Å². The topological polar surface area (TPSA) is 29.1 Å². The molecule has 22 heavy (non-hydrogen) atoms. The molecule has 1 aromatic rings. The van der Waals surface area contributed by atoms with Crippen LogP contribution in [0.3, 0.4) is 0 Å². The summed E-state index contributed by atoms with van der Waals surface area (Å²) < 4.78 is 0.966. The largest absolute Gasteiger partial charge is 0.320 e. The van der Waals surface area contributed by atoms with E-state index in [0.717, 1.165) is 47.4 Å². The van der Waals surface area contributed by atoms with Gasteiger partial charge >= 0.3 is 0 Å². The summed E-state index contributed by atoms with van der Waals surface area (Å²) in [5.41, 5.74) is 3.28. The summed E-state index contributed by atoms with van der Waals surface area (Å²) in [6.07, 6.45) is 3.41. The van der Waals surface area contributed by atoms with Gasteiger partial charge in [0.1, 0.15) is 0 Å². The van der Waals surface area contributed by atoms with Crippen LogP contribution in [-0.2, 0) is 37.5 Å². The molecule has 1 atom stereocenters. The number of benzene rings is 1. The van der Waals surface area contributed by atoms with Gasteiger partial charge in [0.05, 0.1) is 19.6 Å². The van der Waals surface area contributed by atoms with E-state index in [4.69, 9.17) is 0 Å². The monoisotopic (exact) mass is 378 g/mol. The number of nitrogens with zero attached hydrogens (tertiary/aromatic N) is 1. The van der Waals surface area contributed by atoms with Crippen molar-refractivity contribution in [3.63, 3.8) is 0 Å². The molecule has 1 unspecified atom stereocenters. The van der Waals surface area contributed by atoms with Gasteiger partial charge < -0.3 is 9.80 Å². The number of carbonyl (C=O) groups is 1. The third-order valence-electron chi connectivity index (χ3n) is 5.17. The standard InChI is InChI=1S/C18H28N2O.Y/c1-5-16(20(6-2)12-7-8-13-20)18(21)19-17-14(3)10-9-11-15(17)4;/h9-11,16H,5-8,12-13H2,1-4H3;/p+1. The molecule has 2 rings (SSSR count). The van der Waals surface area contributed by atoms with Crippen molar-refractivity contribution < 1.29 is 42.0 Å². The number of hydrogen-bond donors (Lipinski definition) is 1. The van der Waals surface area contributed by atoms with E-state index in [1.54, 1.807) is 0 Å². The minimum absolute atomic E-state index is 0. The van der Waals surface area contributed by atoms with E-state index in [2.05, 4.69) is 45.1 Å². The number of carbonyl (C=O) groups excluding carboxylic acids is 1. The average Bonchev–Trinajstić information content (AvgIpc) is 2.94. The number of likely N-dealkylation sites (tertiary alicyclic amines) is 1. The zero-order valence-electron chi connectivity index (χ0n) is 14.5. The summed E-state index contributed by atoms with van der Waals surface area (Å²) in [6, 6.07) is 6.24. The molecule has 0 saturated carbocycles. The Morgan fingerprint density at radius 1 is 1.18 bits per heavy atom. The van der Waals surface area contributed by atoms with Crippen molar-refractivity contribution in [2.24, 2.45) is 0 Å². The Bertz CT molecular complexity index is 490. The van der Waals surface area contributed by atoms with Crippen LogP contribution < -0.4 is 5.32 Å². The molecule has 1 saturated heterocycles. The molecule has 0 aromatic heterocycles. The zero-order valence-corrected chi connectivity index (χ0v) is 17.3. The van der Waals surface area contributed by atoms with Gasteiger partial charge in [0, 0.05) is 57.7 Å². The molecule has 119 valence electrons. The number of hydrogen-bond acceptors (Lipinski definition) is 1. The van der Waals surface area contributed by atoms with Crippen LogP contribution in [0.5, 0.6) is 0 Å². The predicted octanol–water partition coefficient (Wildman–Crippen LogP) is 3.65. The van der Waals surface area contributed by atoms with Crippen molar-refractivity contribution >= 4 is 11.6 Å². The molecule has 1 aromatic carbocycles. The Hall–Kier alpha value is -0.246. The minimum atomic E-state index is 0. The van der Waals surface area contributed by atoms with Gasteiger partial charge in [-0.15, -0.1) is 0 Å². The van der Waals surface area contributed by atoms with E-state index in [0.29, 0.717) is 0 Å². The molecule has 1 aliphatic rings. The van der Waals surface area contributed by atoms with Gasteiger partial charge in [-0.2, -0.15) is 0 Å². The third kappa shape index (κ3) is 3.99. The molecule has 0 aliphatic carbocycles. The summed E-state index contributed by atoms with van der Waals surface area (Å²) in [5, 5.41) is 3.21. The van der Waals surface area contributed by atoms with Gasteiger partial charge in [-0.3, -0.25) is 4.79 Å². The summed E-state index contributed by atoms with van der Waals surface area (Å²) >= 11 is 0.